The van der Waals surface area contributed by atoms with E-state index in [4.69, 9.17) is 0 Å². The Kier molecular flexibility index (Phi) is 3.01. The van der Waals surface area contributed by atoms with Crippen LogP contribution in [0, 0.1) is 12.7 Å². The fourth-order valence-corrected chi connectivity index (χ4v) is 2.22. The summed E-state index contributed by atoms with van der Waals surface area (Å²) in [7, 11) is 0. The number of hydrogen-bond acceptors (Lipinski definition) is 3. The first kappa shape index (κ1) is 11.2. The zero-order chi connectivity index (χ0) is 11.7. The molecule has 0 radical (unpaired) electrons. The first-order chi connectivity index (χ1) is 7.61. The molecule has 0 aromatic heterocycles. The Morgan fingerprint density at radius 2 is 1.88 bits per heavy atom. The van der Waals surface area contributed by atoms with Crippen LogP contribution in [-0.4, -0.2) is 23.3 Å². The highest BCUT2D eigenvalue weighted by Gasteiger charge is 2.23. The topological polar surface area (TPSA) is 52.5 Å². The Morgan fingerprint density at radius 1 is 1.25 bits per heavy atom. The lowest BCUT2D eigenvalue weighted by Gasteiger charge is -2.24. The highest BCUT2D eigenvalue weighted by molar-refractivity contribution is 5.49. The summed E-state index contributed by atoms with van der Waals surface area (Å²) in [5.41, 5.74) is 1.04. The molecule has 88 valence electrons. The number of aryl methyl sites for hydroxylation is 1. The van der Waals surface area contributed by atoms with Crippen molar-refractivity contribution in [2.24, 2.45) is 0 Å². The lowest BCUT2D eigenvalue weighted by atomic mass is 9.88. The number of phenols is 2. The number of nitrogens with one attached hydrogen (secondary N) is 1. The molecule has 0 spiro atoms. The molecule has 1 aliphatic heterocycles. The van der Waals surface area contributed by atoms with Crippen LogP contribution in [0.1, 0.15) is 29.9 Å². The first-order valence-corrected chi connectivity index (χ1v) is 5.53. The van der Waals surface area contributed by atoms with Crippen LogP contribution in [0.25, 0.3) is 0 Å². The maximum atomic E-state index is 13.8. The number of benzene rings is 1. The van der Waals surface area contributed by atoms with Gasteiger partial charge in [-0.1, -0.05) is 0 Å². The summed E-state index contributed by atoms with van der Waals surface area (Å²) in [5, 5.41) is 22.1. The van der Waals surface area contributed by atoms with Gasteiger partial charge in [-0.05, 0) is 56.0 Å². The van der Waals surface area contributed by atoms with Gasteiger partial charge in [-0.3, -0.25) is 0 Å². The summed E-state index contributed by atoms with van der Waals surface area (Å²) >= 11 is 0. The van der Waals surface area contributed by atoms with E-state index in [1.54, 1.807) is 13.0 Å². The summed E-state index contributed by atoms with van der Waals surface area (Å²) < 4.78 is 13.8. The number of phenolic OH excluding ortho intramolecular Hbond substituents is 2. The van der Waals surface area contributed by atoms with Crippen LogP contribution in [0.5, 0.6) is 11.5 Å². The molecule has 0 unspecified atom stereocenters. The van der Waals surface area contributed by atoms with E-state index in [0.717, 1.165) is 25.9 Å². The van der Waals surface area contributed by atoms with Gasteiger partial charge in [0.25, 0.3) is 0 Å². The van der Waals surface area contributed by atoms with Crippen molar-refractivity contribution in [1.29, 1.82) is 0 Å². The van der Waals surface area contributed by atoms with Gasteiger partial charge in [-0.25, -0.2) is 4.39 Å². The van der Waals surface area contributed by atoms with Crippen LogP contribution in [0.3, 0.4) is 0 Å². The van der Waals surface area contributed by atoms with E-state index in [1.165, 1.54) is 0 Å². The number of halogens is 1. The molecular weight excluding hydrogens is 209 g/mol. The van der Waals surface area contributed by atoms with Crippen LogP contribution in [0.15, 0.2) is 6.07 Å². The van der Waals surface area contributed by atoms with Crippen molar-refractivity contribution in [1.82, 2.24) is 5.32 Å². The van der Waals surface area contributed by atoms with E-state index < -0.39 is 11.6 Å². The van der Waals surface area contributed by atoms with Crippen molar-refractivity contribution >= 4 is 0 Å². The second kappa shape index (κ2) is 4.29. The van der Waals surface area contributed by atoms with Crippen molar-refractivity contribution in [2.75, 3.05) is 13.1 Å². The van der Waals surface area contributed by atoms with Crippen molar-refractivity contribution in [3.8, 4) is 11.5 Å². The Morgan fingerprint density at radius 3 is 2.50 bits per heavy atom. The molecule has 0 bridgehead atoms. The normalized spacial score (nSPS) is 17.6. The first-order valence-electron chi connectivity index (χ1n) is 5.53. The molecule has 3 nitrogen and oxygen atoms in total. The molecule has 1 aromatic carbocycles. The zero-order valence-electron chi connectivity index (χ0n) is 9.26. The predicted molar refractivity (Wildman–Crippen MR) is 59.3 cm³/mol. The average molecular weight is 225 g/mol. The molecule has 3 N–H and O–H groups in total. The maximum Gasteiger partial charge on any atom is 0.194 e. The van der Waals surface area contributed by atoms with Gasteiger partial charge in [0.1, 0.15) is 0 Å². The molecule has 1 aromatic rings. The van der Waals surface area contributed by atoms with E-state index >= 15 is 0 Å². The molecule has 0 aliphatic carbocycles. The van der Waals surface area contributed by atoms with E-state index in [-0.39, 0.29) is 11.7 Å². The second-order valence-corrected chi connectivity index (χ2v) is 4.32. The summed E-state index contributed by atoms with van der Waals surface area (Å²) in [4.78, 5) is 0. The van der Waals surface area contributed by atoms with Crippen molar-refractivity contribution in [3.63, 3.8) is 0 Å². The minimum Gasteiger partial charge on any atom is -0.504 e. The fraction of sp³-hybridized carbons (Fsp3) is 0.500. The highest BCUT2D eigenvalue weighted by Crippen LogP contribution is 2.38. The lowest BCUT2D eigenvalue weighted by molar-refractivity contribution is 0.367. The van der Waals surface area contributed by atoms with Gasteiger partial charge in [0, 0.05) is 0 Å². The molecule has 0 atom stereocenters. The average Bonchev–Trinajstić information content (AvgIpc) is 2.32. The van der Waals surface area contributed by atoms with Crippen LogP contribution in [0.2, 0.25) is 0 Å². The number of hydrogen-bond donors (Lipinski definition) is 3. The SMILES string of the molecule is Cc1cc(C2CCNCC2)c(F)c(O)c1O. The molecule has 1 aliphatic rings. The van der Waals surface area contributed by atoms with Crippen LogP contribution in [-0.2, 0) is 0 Å². The summed E-state index contributed by atoms with van der Waals surface area (Å²) in [6.45, 7) is 3.40. The van der Waals surface area contributed by atoms with Crippen LogP contribution < -0.4 is 5.32 Å². The van der Waals surface area contributed by atoms with Gasteiger partial charge in [0.05, 0.1) is 0 Å². The van der Waals surface area contributed by atoms with Gasteiger partial charge in [-0.2, -0.15) is 0 Å². The van der Waals surface area contributed by atoms with Gasteiger partial charge >= 0.3 is 0 Å². The smallest absolute Gasteiger partial charge is 0.194 e. The predicted octanol–water partition coefficient (Wildman–Crippen LogP) is 2.01. The fourth-order valence-electron chi connectivity index (χ4n) is 2.22. The van der Waals surface area contributed by atoms with Gasteiger partial charge in [-0.15, -0.1) is 0 Å². The standard InChI is InChI=1S/C12H16FNO2/c1-7-6-9(8-2-4-14-5-3-8)10(13)12(16)11(7)15/h6,8,14-16H,2-5H2,1H3. The number of rotatable bonds is 1. The Hall–Kier alpha value is -1.29. The number of piperidine rings is 1. The maximum absolute atomic E-state index is 13.8. The van der Waals surface area contributed by atoms with E-state index in [0.29, 0.717) is 11.1 Å². The third-order valence-corrected chi connectivity index (χ3v) is 3.21. The minimum atomic E-state index is -0.671. The zero-order valence-corrected chi connectivity index (χ0v) is 9.26. The Bertz CT molecular complexity index is 400. The Labute approximate surface area is 93.9 Å². The highest BCUT2D eigenvalue weighted by atomic mass is 19.1. The summed E-state index contributed by atoms with van der Waals surface area (Å²) in [6, 6.07) is 1.64. The number of aromatic hydroxyl groups is 2. The van der Waals surface area contributed by atoms with E-state index in [1.807, 2.05) is 0 Å². The minimum absolute atomic E-state index is 0.131. The van der Waals surface area contributed by atoms with Gasteiger partial charge < -0.3 is 15.5 Å². The van der Waals surface area contributed by atoms with Crippen LogP contribution in [0.4, 0.5) is 4.39 Å². The van der Waals surface area contributed by atoms with Crippen molar-refractivity contribution in [3.05, 3.63) is 23.0 Å². The quantitative estimate of drug-likeness (QED) is 0.641. The third kappa shape index (κ3) is 1.85. The Balaban J connectivity index is 2.40. The molecule has 4 heteroatoms. The molecule has 1 fully saturated rings. The van der Waals surface area contributed by atoms with Crippen molar-refractivity contribution < 1.29 is 14.6 Å². The molecule has 2 rings (SSSR count). The summed E-state index contributed by atoms with van der Waals surface area (Å²) in [6.07, 6.45) is 1.72. The molecular formula is C12H16FNO2. The van der Waals surface area contributed by atoms with Crippen LogP contribution >= 0.6 is 0 Å². The monoisotopic (exact) mass is 225 g/mol. The van der Waals surface area contributed by atoms with Gasteiger partial charge in [0.2, 0.25) is 0 Å². The molecule has 1 saturated heterocycles. The molecule has 1 heterocycles. The van der Waals surface area contributed by atoms with Crippen molar-refractivity contribution in [2.45, 2.75) is 25.7 Å². The molecule has 0 saturated carbocycles. The third-order valence-electron chi connectivity index (χ3n) is 3.21. The summed E-state index contributed by atoms with van der Waals surface area (Å²) in [5.74, 6) is -1.51. The largest absolute Gasteiger partial charge is 0.504 e. The second-order valence-electron chi connectivity index (χ2n) is 4.32. The van der Waals surface area contributed by atoms with E-state index in [9.17, 15) is 14.6 Å². The van der Waals surface area contributed by atoms with Gasteiger partial charge in [0.15, 0.2) is 17.3 Å². The van der Waals surface area contributed by atoms with E-state index in [2.05, 4.69) is 5.32 Å². The lowest BCUT2D eigenvalue weighted by Crippen LogP contribution is -2.27. The molecule has 16 heavy (non-hydrogen) atoms. The molecule has 0 amide bonds.